The van der Waals surface area contributed by atoms with Gasteiger partial charge in [-0.25, -0.2) is 13.6 Å². The van der Waals surface area contributed by atoms with Crippen LogP contribution in [-0.2, 0) is 10.2 Å². The van der Waals surface area contributed by atoms with E-state index in [1.807, 2.05) is 20.8 Å². The number of nitrogens with zero attached hydrogens (tertiary/aromatic N) is 1. The molecule has 3 N–H and O–H groups in total. The summed E-state index contributed by atoms with van der Waals surface area (Å²) in [6.07, 6.45) is 0.302. The molecular formula is C31H28BrCl2F2N3O4. The molecule has 1 fully saturated rings. The minimum absolute atomic E-state index is 0.0111. The zero-order chi connectivity index (χ0) is 31.9. The smallest absolute Gasteiger partial charge is 0.339 e. The number of carbonyl (C=O) groups excluding carboxylic acids is 1. The molecule has 3 aromatic rings. The lowest BCUT2D eigenvalue weighted by Crippen LogP contribution is -2.45. The zero-order valence-corrected chi connectivity index (χ0v) is 26.7. The number of hydrogen-bond donors (Lipinski definition) is 3. The molecule has 4 atom stereocenters. The van der Waals surface area contributed by atoms with Gasteiger partial charge in [-0.05, 0) is 57.6 Å². The van der Waals surface area contributed by atoms with Gasteiger partial charge in [0.2, 0.25) is 5.91 Å². The van der Waals surface area contributed by atoms with E-state index < -0.39 is 52.3 Å². The summed E-state index contributed by atoms with van der Waals surface area (Å²) >= 11 is 15.5. The van der Waals surface area contributed by atoms with Crippen molar-refractivity contribution in [3.63, 3.8) is 0 Å². The standard InChI is InChI=1S/C31H28BrCl2F2N3O4/c1-30(2,3)13-24-31(14-37,18-9-8-15(33)10-21(18)35)25(16-6-5-7-20(34)26(16)36)27(39-24)28(40)38-22-12-23(43-4)17(29(41)42)11-19(22)32/h5-12,24-25,27,39H,13H2,1-4H3,(H,38,40)(H,41,42)/t24-,25-,27+,31+/m0/s1. The van der Waals surface area contributed by atoms with Crippen molar-refractivity contribution < 1.29 is 28.2 Å². The van der Waals surface area contributed by atoms with E-state index in [9.17, 15) is 20.0 Å². The summed E-state index contributed by atoms with van der Waals surface area (Å²) in [4.78, 5) is 25.8. The minimum Gasteiger partial charge on any atom is -0.496 e. The number of carbonyl (C=O) groups is 2. The molecule has 1 aliphatic rings. The summed E-state index contributed by atoms with van der Waals surface area (Å²) in [6.45, 7) is 5.81. The summed E-state index contributed by atoms with van der Waals surface area (Å²) in [5, 5.41) is 26.3. The second-order valence-electron chi connectivity index (χ2n) is 11.5. The molecule has 0 saturated carbocycles. The third-order valence-corrected chi connectivity index (χ3v) is 8.69. The Balaban J connectivity index is 1.95. The first-order chi connectivity index (χ1) is 20.1. The van der Waals surface area contributed by atoms with Crippen LogP contribution in [0, 0.1) is 28.4 Å². The highest BCUT2D eigenvalue weighted by atomic mass is 79.9. The van der Waals surface area contributed by atoms with Crippen molar-refractivity contribution in [2.24, 2.45) is 5.41 Å². The molecule has 1 aliphatic heterocycles. The summed E-state index contributed by atoms with van der Waals surface area (Å²) in [5.74, 6) is -4.81. The summed E-state index contributed by atoms with van der Waals surface area (Å²) in [5.41, 5.74) is -2.28. The van der Waals surface area contributed by atoms with Crippen molar-refractivity contribution in [2.45, 2.75) is 50.6 Å². The van der Waals surface area contributed by atoms with E-state index in [1.54, 1.807) is 0 Å². The topological polar surface area (TPSA) is 111 Å². The molecule has 12 heteroatoms. The number of rotatable bonds is 7. The Kier molecular flexibility index (Phi) is 9.43. The number of benzene rings is 3. The Bertz CT molecular complexity index is 1640. The molecule has 4 rings (SSSR count). The second kappa shape index (κ2) is 12.4. The predicted molar refractivity (Wildman–Crippen MR) is 164 cm³/mol. The number of amides is 1. The van der Waals surface area contributed by atoms with Gasteiger partial charge in [0, 0.05) is 33.1 Å². The minimum atomic E-state index is -1.79. The first kappa shape index (κ1) is 32.7. The third kappa shape index (κ3) is 6.22. The number of hydrogen-bond acceptors (Lipinski definition) is 5. The van der Waals surface area contributed by atoms with Gasteiger partial charge in [0.05, 0.1) is 29.9 Å². The Morgan fingerprint density at radius 2 is 1.88 bits per heavy atom. The number of carboxylic acid groups (broad SMARTS) is 1. The number of ether oxygens (including phenoxy) is 1. The Morgan fingerprint density at radius 3 is 2.47 bits per heavy atom. The molecule has 3 aromatic carbocycles. The van der Waals surface area contributed by atoms with E-state index in [0.29, 0.717) is 6.42 Å². The summed E-state index contributed by atoms with van der Waals surface area (Å²) < 4.78 is 37.0. The fourth-order valence-electron chi connectivity index (χ4n) is 5.75. The number of aromatic carboxylic acids is 1. The van der Waals surface area contributed by atoms with Crippen LogP contribution in [0.5, 0.6) is 5.75 Å². The molecule has 1 saturated heterocycles. The average molecular weight is 695 g/mol. The van der Waals surface area contributed by atoms with Crippen molar-refractivity contribution in [3.8, 4) is 11.8 Å². The van der Waals surface area contributed by atoms with Crippen molar-refractivity contribution in [1.29, 1.82) is 5.26 Å². The Morgan fingerprint density at radius 1 is 1.19 bits per heavy atom. The van der Waals surface area contributed by atoms with Gasteiger partial charge in [0.25, 0.3) is 0 Å². The highest BCUT2D eigenvalue weighted by molar-refractivity contribution is 9.10. The summed E-state index contributed by atoms with van der Waals surface area (Å²) in [6, 6.07) is 11.0. The molecule has 7 nitrogen and oxygen atoms in total. The van der Waals surface area contributed by atoms with Crippen LogP contribution in [-0.4, -0.2) is 36.2 Å². The van der Waals surface area contributed by atoms with Gasteiger partial charge in [-0.1, -0.05) is 62.2 Å². The highest BCUT2D eigenvalue weighted by Crippen LogP contribution is 2.53. The fraction of sp³-hybridized carbons (Fsp3) is 0.323. The SMILES string of the molecule is COc1cc(NC(=O)[C@@H]2N[C@@H](CC(C)(C)C)[C@@](C#N)(c3ccc(Cl)cc3F)[C@H]2c2cccc(Cl)c2F)c(Br)cc1C(=O)O. The quantitative estimate of drug-likeness (QED) is 0.234. The van der Waals surface area contributed by atoms with Gasteiger partial charge in [-0.2, -0.15) is 5.26 Å². The first-order valence-electron chi connectivity index (χ1n) is 13.1. The summed E-state index contributed by atoms with van der Waals surface area (Å²) in [7, 11) is 1.29. The molecule has 0 spiro atoms. The maximum absolute atomic E-state index is 15.8. The number of anilines is 1. The van der Waals surface area contributed by atoms with Gasteiger partial charge in [0.15, 0.2) is 0 Å². The molecule has 1 heterocycles. The van der Waals surface area contributed by atoms with Gasteiger partial charge >= 0.3 is 5.97 Å². The van der Waals surface area contributed by atoms with Crippen LogP contribution >= 0.6 is 39.1 Å². The Hall–Kier alpha value is -3.23. The lowest BCUT2D eigenvalue weighted by atomic mass is 9.62. The molecule has 0 bridgehead atoms. The fourth-order valence-corrected chi connectivity index (χ4v) is 6.54. The highest BCUT2D eigenvalue weighted by Gasteiger charge is 2.61. The molecule has 0 unspecified atom stereocenters. The maximum atomic E-state index is 15.8. The van der Waals surface area contributed by atoms with E-state index in [0.717, 1.165) is 6.07 Å². The predicted octanol–water partition coefficient (Wildman–Crippen LogP) is 7.70. The maximum Gasteiger partial charge on any atom is 0.339 e. The average Bonchev–Trinajstić information content (AvgIpc) is 3.23. The molecule has 1 amide bonds. The number of nitrogens with one attached hydrogen (secondary N) is 2. The van der Waals surface area contributed by atoms with Gasteiger partial charge in [-0.15, -0.1) is 0 Å². The van der Waals surface area contributed by atoms with E-state index in [4.69, 9.17) is 27.9 Å². The van der Waals surface area contributed by atoms with Crippen LogP contribution in [0.4, 0.5) is 14.5 Å². The van der Waals surface area contributed by atoms with Gasteiger partial charge < -0.3 is 20.5 Å². The molecule has 43 heavy (non-hydrogen) atoms. The molecule has 0 aromatic heterocycles. The first-order valence-corrected chi connectivity index (χ1v) is 14.7. The molecule has 226 valence electrons. The Labute approximate surface area is 266 Å². The van der Waals surface area contributed by atoms with Crippen molar-refractivity contribution >= 4 is 56.7 Å². The molecular weight excluding hydrogens is 667 g/mol. The monoisotopic (exact) mass is 693 g/mol. The van der Waals surface area contributed by atoms with Crippen molar-refractivity contribution in [1.82, 2.24) is 5.32 Å². The normalized spacial score (nSPS) is 21.7. The van der Waals surface area contributed by atoms with Crippen LogP contribution in [0.1, 0.15) is 54.6 Å². The van der Waals surface area contributed by atoms with Crippen molar-refractivity contribution in [3.05, 3.63) is 91.4 Å². The second-order valence-corrected chi connectivity index (χ2v) is 13.2. The van der Waals surface area contributed by atoms with Gasteiger partial charge in [0.1, 0.15) is 28.4 Å². The zero-order valence-electron chi connectivity index (χ0n) is 23.6. The molecule has 0 aliphatic carbocycles. The van der Waals surface area contributed by atoms with Crippen LogP contribution in [0.2, 0.25) is 10.0 Å². The number of nitriles is 1. The van der Waals surface area contributed by atoms with E-state index in [-0.39, 0.29) is 42.6 Å². The molecule has 0 radical (unpaired) electrons. The lowest BCUT2D eigenvalue weighted by Gasteiger charge is -2.37. The van der Waals surface area contributed by atoms with E-state index >= 15 is 8.78 Å². The van der Waals surface area contributed by atoms with E-state index in [2.05, 4.69) is 32.6 Å². The van der Waals surface area contributed by atoms with Crippen molar-refractivity contribution in [2.75, 3.05) is 12.4 Å². The largest absolute Gasteiger partial charge is 0.496 e. The number of carboxylic acids is 1. The number of methoxy groups -OCH3 is 1. The van der Waals surface area contributed by atoms with Gasteiger partial charge in [-0.3, -0.25) is 4.79 Å². The van der Waals surface area contributed by atoms with Crippen LogP contribution in [0.3, 0.4) is 0 Å². The van der Waals surface area contributed by atoms with Crippen LogP contribution in [0.25, 0.3) is 0 Å². The van der Waals surface area contributed by atoms with Crippen LogP contribution in [0.15, 0.2) is 53.0 Å². The van der Waals surface area contributed by atoms with E-state index in [1.165, 1.54) is 49.6 Å². The van der Waals surface area contributed by atoms with Crippen LogP contribution < -0.4 is 15.4 Å². The lowest BCUT2D eigenvalue weighted by molar-refractivity contribution is -0.118. The third-order valence-electron chi connectivity index (χ3n) is 7.51. The number of halogens is 5.